The third-order valence-corrected chi connectivity index (χ3v) is 3.88. The minimum Gasteiger partial charge on any atom is -0.378 e. The van der Waals surface area contributed by atoms with Gasteiger partial charge < -0.3 is 14.6 Å². The maximum atomic E-state index is 5.59. The molecule has 100 valence electrons. The monoisotopic (exact) mass is 251 g/mol. The number of ether oxygens (including phenoxy) is 1. The molecule has 2 fully saturated rings. The average molecular weight is 251 g/mol. The van der Waals surface area contributed by atoms with E-state index in [1.807, 2.05) is 0 Å². The molecule has 0 radical (unpaired) electrons. The Balaban J connectivity index is 1.61. The number of nitrogens with one attached hydrogen (secondary N) is 1. The minimum absolute atomic E-state index is 0.236. The highest BCUT2D eigenvalue weighted by atomic mass is 16.5. The van der Waals surface area contributed by atoms with Gasteiger partial charge >= 0.3 is 0 Å². The van der Waals surface area contributed by atoms with Crippen LogP contribution in [0.2, 0.25) is 0 Å². The Morgan fingerprint density at radius 1 is 1.39 bits per heavy atom. The summed E-state index contributed by atoms with van der Waals surface area (Å²) in [5.74, 6) is 2.26. The van der Waals surface area contributed by atoms with E-state index in [9.17, 15) is 0 Å². The molecule has 0 amide bonds. The van der Waals surface area contributed by atoms with E-state index >= 15 is 0 Å². The first-order valence-corrected chi connectivity index (χ1v) is 6.98. The third kappa shape index (κ3) is 2.72. The standard InChI is InChI=1S/C13H21N3O2/c1-9-4-5-14-11(7-9)13-15-12(16-18-13)8-10-3-2-6-17-10/h9-11,14H,2-8H2,1H3. The number of rotatable bonds is 3. The Bertz CT molecular complexity index is 387. The van der Waals surface area contributed by atoms with E-state index < -0.39 is 0 Å². The summed E-state index contributed by atoms with van der Waals surface area (Å²) in [5.41, 5.74) is 0. The molecule has 3 heterocycles. The summed E-state index contributed by atoms with van der Waals surface area (Å²) in [6.45, 7) is 4.18. The van der Waals surface area contributed by atoms with Crippen LogP contribution < -0.4 is 5.32 Å². The fraction of sp³-hybridized carbons (Fsp3) is 0.846. The Hall–Kier alpha value is -0.940. The SMILES string of the molecule is CC1CCNC(c2nc(CC3CCCO3)no2)C1. The Morgan fingerprint density at radius 2 is 2.33 bits per heavy atom. The lowest BCUT2D eigenvalue weighted by molar-refractivity contribution is 0.109. The van der Waals surface area contributed by atoms with Crippen molar-refractivity contribution in [3.8, 4) is 0 Å². The largest absolute Gasteiger partial charge is 0.378 e. The Kier molecular flexibility index (Phi) is 3.61. The molecule has 2 aliphatic heterocycles. The van der Waals surface area contributed by atoms with Gasteiger partial charge in [0, 0.05) is 13.0 Å². The number of hydrogen-bond acceptors (Lipinski definition) is 5. The molecule has 0 saturated carbocycles. The van der Waals surface area contributed by atoms with Crippen LogP contribution in [0.3, 0.4) is 0 Å². The number of aromatic nitrogens is 2. The summed E-state index contributed by atoms with van der Waals surface area (Å²) in [7, 11) is 0. The van der Waals surface area contributed by atoms with Gasteiger partial charge in [-0.3, -0.25) is 0 Å². The van der Waals surface area contributed by atoms with Crippen molar-refractivity contribution in [3.05, 3.63) is 11.7 Å². The van der Waals surface area contributed by atoms with Crippen LogP contribution in [-0.2, 0) is 11.2 Å². The second-order valence-corrected chi connectivity index (χ2v) is 5.52. The van der Waals surface area contributed by atoms with E-state index in [4.69, 9.17) is 9.26 Å². The highest BCUT2D eigenvalue weighted by molar-refractivity contribution is 4.96. The van der Waals surface area contributed by atoms with Crippen molar-refractivity contribution < 1.29 is 9.26 Å². The third-order valence-electron chi connectivity index (χ3n) is 3.88. The molecule has 2 saturated heterocycles. The molecule has 3 rings (SSSR count). The van der Waals surface area contributed by atoms with Crippen LogP contribution in [-0.4, -0.2) is 29.4 Å². The summed E-state index contributed by atoms with van der Waals surface area (Å²) >= 11 is 0. The zero-order chi connectivity index (χ0) is 12.4. The van der Waals surface area contributed by atoms with Crippen molar-refractivity contribution in [1.82, 2.24) is 15.5 Å². The molecule has 5 nitrogen and oxygen atoms in total. The predicted octanol–water partition coefficient (Wildman–Crippen LogP) is 1.85. The first-order valence-electron chi connectivity index (χ1n) is 6.98. The quantitative estimate of drug-likeness (QED) is 0.888. The molecule has 3 atom stereocenters. The van der Waals surface area contributed by atoms with E-state index in [2.05, 4.69) is 22.4 Å². The van der Waals surface area contributed by atoms with Gasteiger partial charge in [-0.2, -0.15) is 4.98 Å². The molecule has 5 heteroatoms. The van der Waals surface area contributed by atoms with Crippen LogP contribution in [0.5, 0.6) is 0 Å². The van der Waals surface area contributed by atoms with Gasteiger partial charge in [0.2, 0.25) is 5.89 Å². The second-order valence-electron chi connectivity index (χ2n) is 5.52. The van der Waals surface area contributed by atoms with Crippen LogP contribution in [0.4, 0.5) is 0 Å². The number of hydrogen-bond donors (Lipinski definition) is 1. The van der Waals surface area contributed by atoms with Crippen LogP contribution in [0.1, 0.15) is 50.4 Å². The van der Waals surface area contributed by atoms with E-state index in [0.717, 1.165) is 56.5 Å². The van der Waals surface area contributed by atoms with Crippen LogP contribution >= 0.6 is 0 Å². The summed E-state index contributed by atoms with van der Waals surface area (Å²) in [5, 5.41) is 7.52. The van der Waals surface area contributed by atoms with Crippen LogP contribution in [0, 0.1) is 5.92 Å². The van der Waals surface area contributed by atoms with Crippen molar-refractivity contribution in [3.63, 3.8) is 0 Å². The molecule has 18 heavy (non-hydrogen) atoms. The maximum absolute atomic E-state index is 5.59. The Labute approximate surface area is 107 Å². The molecule has 1 N–H and O–H groups in total. The van der Waals surface area contributed by atoms with E-state index in [1.165, 1.54) is 6.42 Å². The van der Waals surface area contributed by atoms with Crippen LogP contribution in [0.15, 0.2) is 4.52 Å². The molecular formula is C13H21N3O2. The highest BCUT2D eigenvalue weighted by Crippen LogP contribution is 2.26. The van der Waals surface area contributed by atoms with Gasteiger partial charge in [-0.05, 0) is 38.1 Å². The van der Waals surface area contributed by atoms with Gasteiger partial charge in [-0.15, -0.1) is 0 Å². The minimum atomic E-state index is 0.236. The molecule has 1 aromatic rings. The van der Waals surface area contributed by atoms with Crippen molar-refractivity contribution in [2.75, 3.05) is 13.2 Å². The molecule has 3 unspecified atom stereocenters. The molecule has 0 aliphatic carbocycles. The van der Waals surface area contributed by atoms with Crippen molar-refractivity contribution in [1.29, 1.82) is 0 Å². The molecule has 2 aliphatic rings. The van der Waals surface area contributed by atoms with Gasteiger partial charge in [-0.25, -0.2) is 0 Å². The average Bonchev–Trinajstić information content (AvgIpc) is 3.01. The fourth-order valence-electron chi connectivity index (χ4n) is 2.80. The molecule has 1 aromatic heterocycles. The van der Waals surface area contributed by atoms with Gasteiger partial charge in [-0.1, -0.05) is 12.1 Å². The van der Waals surface area contributed by atoms with Gasteiger partial charge in [0.1, 0.15) is 0 Å². The van der Waals surface area contributed by atoms with E-state index in [1.54, 1.807) is 0 Å². The lowest BCUT2D eigenvalue weighted by atomic mass is 9.94. The summed E-state index contributed by atoms with van der Waals surface area (Å²) in [4.78, 5) is 4.51. The summed E-state index contributed by atoms with van der Waals surface area (Å²) in [6.07, 6.45) is 5.65. The second kappa shape index (κ2) is 5.36. The van der Waals surface area contributed by atoms with Gasteiger partial charge in [0.15, 0.2) is 5.82 Å². The van der Waals surface area contributed by atoms with Crippen molar-refractivity contribution in [2.24, 2.45) is 5.92 Å². The van der Waals surface area contributed by atoms with Gasteiger partial charge in [0.25, 0.3) is 0 Å². The van der Waals surface area contributed by atoms with Crippen molar-refractivity contribution >= 4 is 0 Å². The highest BCUT2D eigenvalue weighted by Gasteiger charge is 2.26. The summed E-state index contributed by atoms with van der Waals surface area (Å²) in [6, 6.07) is 0.236. The topological polar surface area (TPSA) is 60.2 Å². The molecule has 0 aromatic carbocycles. The first-order chi connectivity index (χ1) is 8.81. The lowest BCUT2D eigenvalue weighted by Gasteiger charge is -2.25. The zero-order valence-corrected chi connectivity index (χ0v) is 10.9. The van der Waals surface area contributed by atoms with Crippen LogP contribution in [0.25, 0.3) is 0 Å². The molecule has 0 spiro atoms. The number of nitrogens with zero attached hydrogens (tertiary/aromatic N) is 2. The van der Waals surface area contributed by atoms with E-state index in [-0.39, 0.29) is 12.1 Å². The zero-order valence-electron chi connectivity index (χ0n) is 10.9. The lowest BCUT2D eigenvalue weighted by Crippen LogP contribution is -2.31. The smallest absolute Gasteiger partial charge is 0.243 e. The fourth-order valence-corrected chi connectivity index (χ4v) is 2.80. The molecular weight excluding hydrogens is 230 g/mol. The van der Waals surface area contributed by atoms with E-state index in [0.29, 0.717) is 0 Å². The normalized spacial score (nSPS) is 32.8. The predicted molar refractivity (Wildman–Crippen MR) is 66.1 cm³/mol. The van der Waals surface area contributed by atoms with Gasteiger partial charge in [0.05, 0.1) is 12.1 Å². The molecule has 0 bridgehead atoms. The maximum Gasteiger partial charge on any atom is 0.243 e. The van der Waals surface area contributed by atoms with Crippen molar-refractivity contribution in [2.45, 2.75) is 51.2 Å². The number of piperidine rings is 1. The first kappa shape index (κ1) is 12.1. The summed E-state index contributed by atoms with van der Waals surface area (Å²) < 4.78 is 11.0. The Morgan fingerprint density at radius 3 is 3.11 bits per heavy atom.